The number of rotatable bonds is 7. The van der Waals surface area contributed by atoms with E-state index >= 15 is 0 Å². The van der Waals surface area contributed by atoms with Crippen molar-refractivity contribution < 1.29 is 8.42 Å². The maximum absolute atomic E-state index is 13.6. The first-order chi connectivity index (χ1) is 17.3. The van der Waals surface area contributed by atoms with Gasteiger partial charge >= 0.3 is 4.87 Å². The van der Waals surface area contributed by atoms with Crippen LogP contribution in [0.1, 0.15) is 28.3 Å². The highest BCUT2D eigenvalue weighted by Gasteiger charge is 2.25. The summed E-state index contributed by atoms with van der Waals surface area (Å²) in [7, 11) is -3.90. The van der Waals surface area contributed by atoms with Gasteiger partial charge in [0.2, 0.25) is 10.0 Å². The fourth-order valence-corrected chi connectivity index (χ4v) is 6.59. The van der Waals surface area contributed by atoms with E-state index in [1.807, 2.05) is 73.7 Å². The number of halogens is 1. The van der Waals surface area contributed by atoms with Gasteiger partial charge in [-0.05, 0) is 59.5 Å². The van der Waals surface area contributed by atoms with E-state index in [1.54, 1.807) is 34.9 Å². The Hall–Kier alpha value is -3.23. The molecular weight excluding hydrogens is 512 g/mol. The molecule has 0 aliphatic rings. The number of aromatic nitrogens is 1. The summed E-state index contributed by atoms with van der Waals surface area (Å²) in [6.07, 6.45) is 0. The van der Waals surface area contributed by atoms with Gasteiger partial charge in [0.25, 0.3) is 0 Å². The molecule has 0 aliphatic heterocycles. The summed E-state index contributed by atoms with van der Waals surface area (Å²) < 4.78 is 32.3. The third-order valence-electron chi connectivity index (χ3n) is 6.11. The van der Waals surface area contributed by atoms with E-state index in [-0.39, 0.29) is 9.77 Å². The zero-order valence-electron chi connectivity index (χ0n) is 19.4. The molecule has 0 fully saturated rings. The van der Waals surface area contributed by atoms with Crippen molar-refractivity contribution in [1.29, 1.82) is 0 Å². The Morgan fingerprint density at radius 1 is 0.917 bits per heavy atom. The summed E-state index contributed by atoms with van der Waals surface area (Å²) >= 11 is 7.01. The molecule has 5 rings (SSSR count). The van der Waals surface area contributed by atoms with Crippen molar-refractivity contribution in [3.05, 3.63) is 134 Å². The van der Waals surface area contributed by atoms with Gasteiger partial charge < -0.3 is 0 Å². The Kier molecular flexibility index (Phi) is 6.81. The Morgan fingerprint density at radius 2 is 1.61 bits per heavy atom. The third-order valence-corrected chi connectivity index (χ3v) is 8.72. The van der Waals surface area contributed by atoms with E-state index < -0.39 is 16.1 Å². The summed E-state index contributed by atoms with van der Waals surface area (Å²) in [5, 5.41) is 0.628. The maximum atomic E-state index is 13.6. The molecule has 0 radical (unpaired) electrons. The van der Waals surface area contributed by atoms with E-state index in [0.717, 1.165) is 33.6 Å². The first-order valence-electron chi connectivity index (χ1n) is 11.3. The second-order valence-electron chi connectivity index (χ2n) is 8.53. The minimum Gasteiger partial charge on any atom is -0.294 e. The van der Waals surface area contributed by atoms with Crippen LogP contribution in [-0.4, -0.2) is 13.0 Å². The van der Waals surface area contributed by atoms with Gasteiger partial charge in [-0.1, -0.05) is 89.7 Å². The van der Waals surface area contributed by atoms with Crippen molar-refractivity contribution in [1.82, 2.24) is 9.29 Å². The highest BCUT2D eigenvalue weighted by Crippen LogP contribution is 2.28. The molecule has 8 heteroatoms. The molecule has 182 valence electrons. The Morgan fingerprint density at radius 3 is 2.33 bits per heavy atom. The number of hydrogen-bond donors (Lipinski definition) is 1. The van der Waals surface area contributed by atoms with Gasteiger partial charge in [-0.2, -0.15) is 4.72 Å². The molecule has 0 saturated carbocycles. The summed E-state index contributed by atoms with van der Waals surface area (Å²) in [6.45, 7) is 2.34. The monoisotopic (exact) mass is 534 g/mol. The first kappa shape index (κ1) is 24.5. The van der Waals surface area contributed by atoms with Crippen LogP contribution in [0.25, 0.3) is 10.2 Å². The van der Waals surface area contributed by atoms with Crippen molar-refractivity contribution in [2.45, 2.75) is 24.4 Å². The van der Waals surface area contributed by atoms with E-state index in [1.165, 1.54) is 0 Å². The molecule has 1 atom stereocenters. The molecule has 0 bridgehead atoms. The number of nitrogens with zero attached hydrogens (tertiary/aromatic N) is 1. The van der Waals surface area contributed by atoms with Crippen LogP contribution in [0.5, 0.6) is 0 Å². The van der Waals surface area contributed by atoms with Gasteiger partial charge in [-0.3, -0.25) is 9.36 Å². The second-order valence-corrected chi connectivity index (χ2v) is 11.7. The molecule has 5 nitrogen and oxygen atoms in total. The van der Waals surface area contributed by atoms with Gasteiger partial charge in [0.15, 0.2) is 0 Å². The lowest BCUT2D eigenvalue weighted by molar-refractivity contribution is 0.572. The van der Waals surface area contributed by atoms with Crippen LogP contribution in [0.4, 0.5) is 0 Å². The number of nitrogens with one attached hydrogen (secondary N) is 1. The van der Waals surface area contributed by atoms with Crippen LogP contribution in [0.15, 0.2) is 107 Å². The molecule has 5 aromatic rings. The number of sulfonamides is 1. The SMILES string of the molecule is Cc1ccccc1C(NS(=O)(=O)c1ccc2c(c1)sc(=O)n2Cc1ccc(Cl)cc1)c1ccccc1. The molecule has 0 aliphatic carbocycles. The molecule has 1 heterocycles. The lowest BCUT2D eigenvalue weighted by Gasteiger charge is -2.21. The molecule has 0 saturated heterocycles. The van der Waals surface area contributed by atoms with Crippen molar-refractivity contribution in [3.8, 4) is 0 Å². The lowest BCUT2D eigenvalue weighted by Crippen LogP contribution is -2.30. The normalized spacial score (nSPS) is 12.6. The topological polar surface area (TPSA) is 68.2 Å². The van der Waals surface area contributed by atoms with Gasteiger partial charge in [0.05, 0.1) is 27.7 Å². The van der Waals surface area contributed by atoms with Crippen molar-refractivity contribution in [3.63, 3.8) is 0 Å². The summed E-state index contributed by atoms with van der Waals surface area (Å²) in [6, 6.07) is 28.8. The molecule has 0 amide bonds. The number of benzene rings is 4. The van der Waals surface area contributed by atoms with Crippen LogP contribution in [0, 0.1) is 6.92 Å². The van der Waals surface area contributed by atoms with Crippen LogP contribution in [0.3, 0.4) is 0 Å². The number of thiazole rings is 1. The largest absolute Gasteiger partial charge is 0.308 e. The van der Waals surface area contributed by atoms with Crippen LogP contribution < -0.4 is 9.60 Å². The lowest BCUT2D eigenvalue weighted by atomic mass is 9.96. The highest BCUT2D eigenvalue weighted by molar-refractivity contribution is 7.89. The molecule has 1 aromatic heterocycles. The Bertz CT molecular complexity index is 1690. The minimum atomic E-state index is -3.90. The quantitative estimate of drug-likeness (QED) is 0.272. The van der Waals surface area contributed by atoms with Gasteiger partial charge in [-0.15, -0.1) is 0 Å². The van der Waals surface area contributed by atoms with Crippen molar-refractivity contribution in [2.75, 3.05) is 0 Å². The molecule has 1 unspecified atom stereocenters. The highest BCUT2D eigenvalue weighted by atomic mass is 35.5. The zero-order chi connectivity index (χ0) is 25.3. The maximum Gasteiger partial charge on any atom is 0.308 e. The summed E-state index contributed by atoms with van der Waals surface area (Å²) in [5.74, 6) is 0. The average Bonchev–Trinajstić information content (AvgIpc) is 3.19. The van der Waals surface area contributed by atoms with Crippen LogP contribution in [-0.2, 0) is 16.6 Å². The molecule has 4 aromatic carbocycles. The third kappa shape index (κ3) is 5.01. The number of fused-ring (bicyclic) bond motifs is 1. The Labute approximate surface area is 218 Å². The van der Waals surface area contributed by atoms with Crippen molar-refractivity contribution in [2.24, 2.45) is 0 Å². The van der Waals surface area contributed by atoms with E-state index in [0.29, 0.717) is 21.8 Å². The van der Waals surface area contributed by atoms with Gasteiger partial charge in [0.1, 0.15) is 0 Å². The standard InChI is InChI=1S/C28H23ClN2O3S2/c1-19-7-5-6-10-24(19)27(21-8-3-2-4-9-21)30-36(33,34)23-15-16-25-26(17-23)35-28(32)31(25)18-20-11-13-22(29)14-12-20/h2-17,27,30H,18H2,1H3. The van der Waals surface area contributed by atoms with E-state index in [9.17, 15) is 13.2 Å². The molecule has 0 spiro atoms. The second kappa shape index (κ2) is 10.0. The van der Waals surface area contributed by atoms with Crippen LogP contribution >= 0.6 is 22.9 Å². The first-order valence-corrected chi connectivity index (χ1v) is 14.0. The van der Waals surface area contributed by atoms with E-state index in [4.69, 9.17) is 11.6 Å². The fourth-order valence-electron chi connectivity index (χ4n) is 4.23. The summed E-state index contributed by atoms with van der Waals surface area (Å²) in [5.41, 5.74) is 4.34. The number of aryl methyl sites for hydroxylation is 1. The number of hydrogen-bond acceptors (Lipinski definition) is 4. The average molecular weight is 535 g/mol. The minimum absolute atomic E-state index is 0.115. The predicted molar refractivity (Wildman–Crippen MR) is 146 cm³/mol. The Balaban J connectivity index is 1.50. The fraction of sp³-hybridized carbons (Fsp3) is 0.107. The predicted octanol–water partition coefficient (Wildman–Crippen LogP) is 6.14. The smallest absolute Gasteiger partial charge is 0.294 e. The van der Waals surface area contributed by atoms with Gasteiger partial charge in [0, 0.05) is 5.02 Å². The molecule has 1 N–H and O–H groups in total. The van der Waals surface area contributed by atoms with Crippen LogP contribution in [0.2, 0.25) is 5.02 Å². The summed E-state index contributed by atoms with van der Waals surface area (Å²) in [4.78, 5) is 12.7. The van der Waals surface area contributed by atoms with E-state index in [2.05, 4.69) is 4.72 Å². The molecule has 36 heavy (non-hydrogen) atoms. The zero-order valence-corrected chi connectivity index (χ0v) is 21.8. The van der Waals surface area contributed by atoms with Gasteiger partial charge in [-0.25, -0.2) is 8.42 Å². The van der Waals surface area contributed by atoms with Crippen molar-refractivity contribution >= 4 is 43.2 Å². The molecular formula is C28H23ClN2O3S2.